The van der Waals surface area contributed by atoms with Gasteiger partial charge >= 0.3 is 12.0 Å². The van der Waals surface area contributed by atoms with Gasteiger partial charge in [0.05, 0.1) is 0 Å². The molecule has 0 aromatic heterocycles. The second-order valence-electron chi connectivity index (χ2n) is 9.51. The fourth-order valence-corrected chi connectivity index (χ4v) is 5.52. The number of carbonyl (C=O) groups excluding carboxylic acids is 1. The summed E-state index contributed by atoms with van der Waals surface area (Å²) in [6.45, 7) is 5.07. The molecule has 164 valence electrons. The average Bonchev–Trinajstić information content (AvgIpc) is 2.90. The van der Waals surface area contributed by atoms with E-state index in [1.165, 1.54) is 11.1 Å². The summed E-state index contributed by atoms with van der Waals surface area (Å²) >= 11 is 0. The lowest BCUT2D eigenvalue weighted by Gasteiger charge is -2.36. The second-order valence-corrected chi connectivity index (χ2v) is 9.51. The normalized spacial score (nSPS) is 27.8. The van der Waals surface area contributed by atoms with Crippen molar-refractivity contribution in [1.29, 1.82) is 0 Å². The molecular weight excluding hydrogens is 378 g/mol. The SMILES string of the molecule is CC1CN(c2ccc3c(c2)CCN(C)CC3)C(=O)N1C1CCC(CCC(=O)O)CC1. The van der Waals surface area contributed by atoms with Crippen molar-refractivity contribution in [2.75, 3.05) is 31.6 Å². The van der Waals surface area contributed by atoms with E-state index >= 15 is 0 Å². The lowest BCUT2D eigenvalue weighted by Crippen LogP contribution is -2.44. The molecule has 1 aromatic rings. The summed E-state index contributed by atoms with van der Waals surface area (Å²) in [7, 11) is 2.17. The van der Waals surface area contributed by atoms with Gasteiger partial charge in [0.2, 0.25) is 0 Å². The predicted octanol–water partition coefficient (Wildman–Crippen LogP) is 3.77. The van der Waals surface area contributed by atoms with Gasteiger partial charge < -0.3 is 14.9 Å². The fraction of sp³-hybridized carbons (Fsp3) is 0.667. The molecule has 2 heterocycles. The van der Waals surface area contributed by atoms with Crippen molar-refractivity contribution in [2.24, 2.45) is 5.92 Å². The Balaban J connectivity index is 1.41. The first kappa shape index (κ1) is 21.2. The minimum absolute atomic E-state index is 0.141. The van der Waals surface area contributed by atoms with Crippen LogP contribution in [0.2, 0.25) is 0 Å². The molecule has 0 bridgehead atoms. The van der Waals surface area contributed by atoms with Gasteiger partial charge in [0.15, 0.2) is 0 Å². The lowest BCUT2D eigenvalue weighted by molar-refractivity contribution is -0.137. The summed E-state index contributed by atoms with van der Waals surface area (Å²) in [4.78, 5) is 30.6. The van der Waals surface area contributed by atoms with Crippen LogP contribution in [-0.2, 0) is 17.6 Å². The summed E-state index contributed by atoms with van der Waals surface area (Å²) in [6, 6.07) is 7.23. The number of amides is 2. The van der Waals surface area contributed by atoms with E-state index in [1.807, 2.05) is 4.90 Å². The van der Waals surface area contributed by atoms with Crippen molar-refractivity contribution in [2.45, 2.75) is 70.4 Å². The average molecular weight is 414 g/mol. The molecule has 0 spiro atoms. The van der Waals surface area contributed by atoms with Crippen LogP contribution < -0.4 is 4.90 Å². The molecule has 6 nitrogen and oxygen atoms in total. The lowest BCUT2D eigenvalue weighted by atomic mass is 9.82. The first-order valence-electron chi connectivity index (χ1n) is 11.5. The fourth-order valence-electron chi connectivity index (χ4n) is 5.52. The Labute approximate surface area is 179 Å². The minimum Gasteiger partial charge on any atom is -0.481 e. The van der Waals surface area contributed by atoms with Crippen molar-refractivity contribution in [3.63, 3.8) is 0 Å². The quantitative estimate of drug-likeness (QED) is 0.798. The summed E-state index contributed by atoms with van der Waals surface area (Å²) in [5, 5.41) is 8.92. The Bertz CT molecular complexity index is 788. The van der Waals surface area contributed by atoms with Crippen molar-refractivity contribution in [1.82, 2.24) is 9.80 Å². The Morgan fingerprint density at radius 3 is 2.50 bits per heavy atom. The Morgan fingerprint density at radius 1 is 1.10 bits per heavy atom. The maximum atomic E-state index is 13.4. The number of aliphatic carboxylic acids is 1. The molecule has 30 heavy (non-hydrogen) atoms. The van der Waals surface area contributed by atoms with Gasteiger partial charge in [0.1, 0.15) is 0 Å². The van der Waals surface area contributed by atoms with Gasteiger partial charge in [0.25, 0.3) is 0 Å². The third-order valence-corrected chi connectivity index (χ3v) is 7.38. The first-order valence-corrected chi connectivity index (χ1v) is 11.5. The minimum atomic E-state index is -0.705. The van der Waals surface area contributed by atoms with E-state index < -0.39 is 5.97 Å². The third-order valence-electron chi connectivity index (χ3n) is 7.38. The van der Waals surface area contributed by atoms with Crippen molar-refractivity contribution in [3.05, 3.63) is 29.3 Å². The zero-order valence-corrected chi connectivity index (χ0v) is 18.3. The molecule has 4 rings (SSSR count). The number of hydrogen-bond acceptors (Lipinski definition) is 3. The van der Waals surface area contributed by atoms with Crippen LogP contribution in [-0.4, -0.2) is 65.7 Å². The zero-order chi connectivity index (χ0) is 21.3. The number of carboxylic acid groups (broad SMARTS) is 1. The van der Waals surface area contributed by atoms with Crippen LogP contribution in [0.25, 0.3) is 0 Å². The summed E-state index contributed by atoms with van der Waals surface area (Å²) < 4.78 is 0. The predicted molar refractivity (Wildman–Crippen MR) is 118 cm³/mol. The maximum absolute atomic E-state index is 13.4. The second kappa shape index (κ2) is 8.96. The van der Waals surface area contributed by atoms with Crippen LogP contribution in [0.15, 0.2) is 18.2 Å². The smallest absolute Gasteiger partial charge is 0.325 e. The zero-order valence-electron chi connectivity index (χ0n) is 18.3. The molecular formula is C24H35N3O3. The number of urea groups is 1. The van der Waals surface area contributed by atoms with Gasteiger partial charge in [-0.1, -0.05) is 6.07 Å². The Hall–Kier alpha value is -2.08. The van der Waals surface area contributed by atoms with Crippen molar-refractivity contribution < 1.29 is 14.7 Å². The van der Waals surface area contributed by atoms with E-state index in [0.29, 0.717) is 5.92 Å². The van der Waals surface area contributed by atoms with E-state index in [-0.39, 0.29) is 24.5 Å². The maximum Gasteiger partial charge on any atom is 0.325 e. The highest BCUT2D eigenvalue weighted by atomic mass is 16.4. The first-order chi connectivity index (χ1) is 14.4. The van der Waals surface area contributed by atoms with Crippen LogP contribution in [0.4, 0.5) is 10.5 Å². The molecule has 3 aliphatic rings. The molecule has 1 unspecified atom stereocenters. The van der Waals surface area contributed by atoms with Crippen LogP contribution in [0.1, 0.15) is 56.6 Å². The van der Waals surface area contributed by atoms with E-state index in [0.717, 1.165) is 70.3 Å². The standard InChI is InChI=1S/C24H35N3O3/c1-17-16-26(22-9-6-19-11-13-25(2)14-12-20(19)15-22)24(30)27(17)21-7-3-18(4-8-21)5-10-23(28)29/h6,9,15,17-18,21H,3-5,7-8,10-14,16H2,1-2H3,(H,28,29). The number of likely N-dealkylation sites (N-methyl/N-ethyl adjacent to an activating group) is 1. The molecule has 2 fully saturated rings. The van der Waals surface area contributed by atoms with Gasteiger partial charge in [0, 0.05) is 43.8 Å². The van der Waals surface area contributed by atoms with Gasteiger partial charge in [-0.15, -0.1) is 0 Å². The molecule has 1 N–H and O–H groups in total. The molecule has 1 saturated heterocycles. The Morgan fingerprint density at radius 2 is 1.80 bits per heavy atom. The van der Waals surface area contributed by atoms with Gasteiger partial charge in [-0.3, -0.25) is 9.69 Å². The van der Waals surface area contributed by atoms with Crippen molar-refractivity contribution >= 4 is 17.7 Å². The molecule has 2 amide bonds. The van der Waals surface area contributed by atoms with Gasteiger partial charge in [-0.2, -0.15) is 0 Å². The van der Waals surface area contributed by atoms with E-state index in [4.69, 9.17) is 5.11 Å². The molecule has 1 aliphatic carbocycles. The highest BCUT2D eigenvalue weighted by molar-refractivity contribution is 5.95. The van der Waals surface area contributed by atoms with E-state index in [9.17, 15) is 9.59 Å². The highest BCUT2D eigenvalue weighted by Gasteiger charge is 2.40. The molecule has 6 heteroatoms. The Kier molecular flexibility index (Phi) is 6.32. The molecule has 0 radical (unpaired) electrons. The van der Waals surface area contributed by atoms with E-state index in [1.54, 1.807) is 0 Å². The van der Waals surface area contributed by atoms with Crippen LogP contribution >= 0.6 is 0 Å². The number of anilines is 1. The van der Waals surface area contributed by atoms with Crippen LogP contribution in [0, 0.1) is 5.92 Å². The number of fused-ring (bicyclic) bond motifs is 1. The number of hydrogen-bond donors (Lipinski definition) is 1. The highest BCUT2D eigenvalue weighted by Crippen LogP contribution is 2.35. The molecule has 1 atom stereocenters. The largest absolute Gasteiger partial charge is 0.481 e. The summed E-state index contributed by atoms with van der Waals surface area (Å²) in [5.41, 5.74) is 3.84. The van der Waals surface area contributed by atoms with Crippen LogP contribution in [0.5, 0.6) is 0 Å². The molecule has 1 aromatic carbocycles. The van der Waals surface area contributed by atoms with E-state index in [2.05, 4.69) is 42.0 Å². The number of carbonyl (C=O) groups is 2. The van der Waals surface area contributed by atoms with Gasteiger partial charge in [-0.25, -0.2) is 4.79 Å². The van der Waals surface area contributed by atoms with Crippen LogP contribution in [0.3, 0.4) is 0 Å². The summed E-state index contributed by atoms with van der Waals surface area (Å²) in [5.74, 6) is -0.215. The summed E-state index contributed by atoms with van der Waals surface area (Å²) in [6.07, 6.45) is 7.18. The van der Waals surface area contributed by atoms with Crippen molar-refractivity contribution in [3.8, 4) is 0 Å². The molecule has 2 aliphatic heterocycles. The molecule has 1 saturated carbocycles. The number of rotatable bonds is 5. The van der Waals surface area contributed by atoms with Gasteiger partial charge in [-0.05, 0) is 88.1 Å². The number of nitrogens with zero attached hydrogens (tertiary/aromatic N) is 3. The monoisotopic (exact) mass is 413 g/mol. The third kappa shape index (κ3) is 4.48. The number of carboxylic acids is 1. The number of benzene rings is 1. The topological polar surface area (TPSA) is 64.1 Å².